The molecule has 0 aliphatic rings. The lowest BCUT2D eigenvalue weighted by atomic mass is 9.92. The van der Waals surface area contributed by atoms with E-state index in [1.807, 2.05) is 11.3 Å². The number of hydrogen-bond acceptors (Lipinski definition) is 3. The fraction of sp³-hybridized carbons (Fsp3) is 0. The number of nitrogens with zero attached hydrogens (tertiary/aromatic N) is 2. The van der Waals surface area contributed by atoms with Crippen LogP contribution in [-0.2, 0) is 0 Å². The lowest BCUT2D eigenvalue weighted by Crippen LogP contribution is -2.10. The number of rotatable bonds is 14. The van der Waals surface area contributed by atoms with Gasteiger partial charge in [-0.1, -0.05) is 322 Å². The van der Waals surface area contributed by atoms with Crippen molar-refractivity contribution in [2.24, 2.45) is 0 Å². The lowest BCUT2D eigenvalue weighted by Gasteiger charge is -2.28. The molecule has 0 radical (unpaired) electrons. The maximum Gasteiger partial charge on any atom is 0.0473 e. The Bertz CT molecular complexity index is 7190. The van der Waals surface area contributed by atoms with E-state index >= 15 is 0 Å². The maximum absolute atomic E-state index is 2.47. The van der Waals surface area contributed by atoms with Gasteiger partial charge in [-0.3, -0.25) is 0 Å². The highest BCUT2D eigenvalue weighted by Crippen LogP contribution is 2.48. The molecule has 0 spiro atoms. The average Bonchev–Trinajstić information content (AvgIpc) is 1.24. The first-order chi connectivity index (χ1) is 55.0. The van der Waals surface area contributed by atoms with E-state index in [0.29, 0.717) is 0 Å². The molecular weight excluding hydrogens is 1360 g/mol. The minimum Gasteiger partial charge on any atom is -0.310 e. The Kier molecular flexibility index (Phi) is 16.1. The Balaban J connectivity index is 0.668. The largest absolute Gasteiger partial charge is 0.310 e. The third-order valence-electron chi connectivity index (χ3n) is 22.6. The van der Waals surface area contributed by atoms with Crippen LogP contribution in [0.3, 0.4) is 0 Å². The standard InChI is InChI=1S/C108H70N2S/c1-2-21-71(22-3-1)72-45-47-73(48-46-72)74-49-55-88(56-50-74)110(91-34-18-31-82(64-91)106-68-84-26-7-11-38-97(84)100-40-13-15-42-102(100)106)92-65-85(61-86(66-92)98-44-20-28-77-24-5-9-36-94(77)98)79-54-60-104-103-59-53-78(69-107(103)111-108(104)70-79)75-51-57-87(58-52-75)109(89-32-16-29-80(62-89)95-43-19-27-76-23-4-8-35-93(76)95)90-33-17-30-81(63-90)105-67-83-25-6-10-37-96(83)99-39-12-14-41-101(99)105/h1-70H. The van der Waals surface area contributed by atoms with Crippen LogP contribution in [0.1, 0.15) is 0 Å². The summed E-state index contributed by atoms with van der Waals surface area (Å²) in [5, 5.41) is 17.3. The molecule has 0 saturated carbocycles. The molecule has 111 heavy (non-hydrogen) atoms. The summed E-state index contributed by atoms with van der Waals surface area (Å²) in [6.07, 6.45) is 0. The van der Waals surface area contributed by atoms with E-state index in [2.05, 4.69) is 434 Å². The molecule has 0 amide bonds. The van der Waals surface area contributed by atoms with E-state index in [0.717, 1.165) is 67.5 Å². The Morgan fingerprint density at radius 3 is 0.937 bits per heavy atom. The third-order valence-corrected chi connectivity index (χ3v) is 23.7. The molecule has 0 bridgehead atoms. The fourth-order valence-electron chi connectivity index (χ4n) is 17.2. The van der Waals surface area contributed by atoms with Crippen molar-refractivity contribution in [3.8, 4) is 89.0 Å². The van der Waals surface area contributed by atoms with E-state index in [-0.39, 0.29) is 0 Å². The zero-order valence-corrected chi connectivity index (χ0v) is 61.5. The molecule has 20 aromatic carbocycles. The number of anilines is 6. The van der Waals surface area contributed by atoms with Gasteiger partial charge in [0.2, 0.25) is 0 Å². The van der Waals surface area contributed by atoms with Gasteiger partial charge in [0, 0.05) is 54.3 Å². The van der Waals surface area contributed by atoms with Gasteiger partial charge < -0.3 is 9.80 Å². The van der Waals surface area contributed by atoms with Gasteiger partial charge in [-0.2, -0.15) is 0 Å². The van der Waals surface area contributed by atoms with Crippen LogP contribution >= 0.6 is 11.3 Å². The molecule has 0 unspecified atom stereocenters. The second-order valence-electron chi connectivity index (χ2n) is 29.1. The molecule has 518 valence electrons. The van der Waals surface area contributed by atoms with Gasteiger partial charge in [-0.15, -0.1) is 11.3 Å². The van der Waals surface area contributed by atoms with Crippen LogP contribution in [0.25, 0.3) is 174 Å². The molecule has 1 aromatic heterocycles. The fourth-order valence-corrected chi connectivity index (χ4v) is 18.3. The molecule has 0 fully saturated rings. The van der Waals surface area contributed by atoms with E-state index in [9.17, 15) is 0 Å². The smallest absolute Gasteiger partial charge is 0.0473 e. The molecule has 3 heteroatoms. The van der Waals surface area contributed by atoms with Crippen molar-refractivity contribution in [1.29, 1.82) is 0 Å². The summed E-state index contributed by atoms with van der Waals surface area (Å²) in [4.78, 5) is 4.89. The maximum atomic E-state index is 2.47. The molecule has 0 N–H and O–H groups in total. The average molecular weight is 1430 g/mol. The number of thiophene rings is 1. The van der Waals surface area contributed by atoms with Crippen LogP contribution in [0.5, 0.6) is 0 Å². The predicted molar refractivity (Wildman–Crippen MR) is 477 cm³/mol. The summed E-state index contributed by atoms with van der Waals surface area (Å²) < 4.78 is 2.49. The molecule has 0 aliphatic heterocycles. The van der Waals surface area contributed by atoms with Crippen molar-refractivity contribution in [3.05, 3.63) is 425 Å². The van der Waals surface area contributed by atoms with Crippen LogP contribution in [0, 0.1) is 0 Å². The molecule has 21 rings (SSSR count). The minimum absolute atomic E-state index is 1.06. The van der Waals surface area contributed by atoms with Gasteiger partial charge in [0.05, 0.1) is 0 Å². The number of benzene rings is 20. The highest BCUT2D eigenvalue weighted by Gasteiger charge is 2.22. The van der Waals surface area contributed by atoms with Crippen LogP contribution in [0.15, 0.2) is 425 Å². The van der Waals surface area contributed by atoms with Gasteiger partial charge in [0.15, 0.2) is 0 Å². The zero-order valence-electron chi connectivity index (χ0n) is 60.7. The van der Waals surface area contributed by atoms with Crippen molar-refractivity contribution in [1.82, 2.24) is 0 Å². The predicted octanol–water partition coefficient (Wildman–Crippen LogP) is 31.2. The molecule has 21 aromatic rings. The molecule has 0 saturated heterocycles. The second kappa shape index (κ2) is 27.5. The summed E-state index contributed by atoms with van der Waals surface area (Å²) in [6, 6.07) is 157. The first kappa shape index (κ1) is 65.1. The first-order valence-corrected chi connectivity index (χ1v) is 39.0. The van der Waals surface area contributed by atoms with Crippen molar-refractivity contribution >= 4 is 130 Å². The quantitative estimate of drug-likeness (QED) is 0.100. The molecule has 1 heterocycles. The van der Waals surface area contributed by atoms with Crippen molar-refractivity contribution in [2.75, 3.05) is 9.80 Å². The van der Waals surface area contributed by atoms with Gasteiger partial charge in [0.25, 0.3) is 0 Å². The minimum atomic E-state index is 1.06. The Morgan fingerprint density at radius 2 is 0.450 bits per heavy atom. The summed E-state index contributed by atoms with van der Waals surface area (Å²) in [7, 11) is 0. The van der Waals surface area contributed by atoms with E-state index in [1.165, 1.54) is 140 Å². The van der Waals surface area contributed by atoms with Crippen LogP contribution in [-0.4, -0.2) is 0 Å². The van der Waals surface area contributed by atoms with E-state index < -0.39 is 0 Å². The highest BCUT2D eigenvalue weighted by molar-refractivity contribution is 7.25. The monoisotopic (exact) mass is 1430 g/mol. The van der Waals surface area contributed by atoms with Crippen LogP contribution in [0.2, 0.25) is 0 Å². The Labute approximate surface area is 649 Å². The Hall–Kier alpha value is -14.2. The number of fused-ring (bicyclic) bond motifs is 11. The van der Waals surface area contributed by atoms with Gasteiger partial charge in [-0.25, -0.2) is 0 Å². The number of hydrogen-bond donors (Lipinski definition) is 0. The molecule has 0 atom stereocenters. The first-order valence-electron chi connectivity index (χ1n) is 38.2. The van der Waals surface area contributed by atoms with Gasteiger partial charge in [0.1, 0.15) is 0 Å². The zero-order chi connectivity index (χ0) is 73.3. The van der Waals surface area contributed by atoms with Crippen molar-refractivity contribution in [2.45, 2.75) is 0 Å². The Morgan fingerprint density at radius 1 is 0.135 bits per heavy atom. The summed E-state index contributed by atoms with van der Waals surface area (Å²) in [5.74, 6) is 0. The second-order valence-corrected chi connectivity index (χ2v) is 30.2. The molecule has 0 aliphatic carbocycles. The summed E-state index contributed by atoms with van der Waals surface area (Å²) in [6.45, 7) is 0. The normalized spacial score (nSPS) is 11.6. The molecule has 2 nitrogen and oxygen atoms in total. The highest BCUT2D eigenvalue weighted by atomic mass is 32.1. The van der Waals surface area contributed by atoms with Gasteiger partial charge in [-0.05, 0) is 257 Å². The van der Waals surface area contributed by atoms with Crippen molar-refractivity contribution < 1.29 is 0 Å². The topological polar surface area (TPSA) is 6.48 Å². The lowest BCUT2D eigenvalue weighted by molar-refractivity contribution is 1.28. The van der Waals surface area contributed by atoms with E-state index in [4.69, 9.17) is 0 Å². The summed E-state index contributed by atoms with van der Waals surface area (Å²) >= 11 is 1.87. The van der Waals surface area contributed by atoms with E-state index in [1.54, 1.807) is 0 Å². The SMILES string of the molecule is c1ccc(-c2ccc(-c3ccc(N(c4cc(-c5ccc6c(c5)sc5cc(-c7ccc(N(c8cccc(-c9cccc%10ccccc9%10)c8)c8cccc(-c9cc%10ccccc%10c%10ccccc9%10)c8)cc7)ccc56)cc(-c5cccc6ccccc56)c4)c4cccc(-c5cc6ccccc6c6ccccc56)c4)cc3)cc2)cc1. The third kappa shape index (κ3) is 11.9. The van der Waals surface area contributed by atoms with Crippen LogP contribution < -0.4 is 9.80 Å². The van der Waals surface area contributed by atoms with Gasteiger partial charge >= 0.3 is 0 Å². The van der Waals surface area contributed by atoms with Crippen molar-refractivity contribution in [3.63, 3.8) is 0 Å². The van der Waals surface area contributed by atoms with Crippen LogP contribution in [0.4, 0.5) is 34.1 Å². The molecular formula is C108H70N2S. The summed E-state index contributed by atoms with van der Waals surface area (Å²) in [5.41, 5.74) is 25.2.